The standard InChI is InChI=1S/C11H15NO/c1-10-9-12(10)7-8-13-11-5-3-2-4-6-11/h2-6,10H,7-9H2,1H3/t10-,12?/m0/s1. The van der Waals surface area contributed by atoms with Crippen molar-refractivity contribution in [3.63, 3.8) is 0 Å². The maximum absolute atomic E-state index is 5.56. The lowest BCUT2D eigenvalue weighted by Gasteiger charge is -2.05. The molecule has 2 heteroatoms. The summed E-state index contributed by atoms with van der Waals surface area (Å²) in [5.74, 6) is 0.969. The number of ether oxygens (including phenoxy) is 1. The molecule has 1 aromatic rings. The Kier molecular flexibility index (Phi) is 2.50. The molecule has 0 radical (unpaired) electrons. The lowest BCUT2D eigenvalue weighted by atomic mass is 10.3. The van der Waals surface area contributed by atoms with E-state index in [-0.39, 0.29) is 0 Å². The average molecular weight is 177 g/mol. The van der Waals surface area contributed by atoms with Gasteiger partial charge in [0.15, 0.2) is 0 Å². The lowest BCUT2D eigenvalue weighted by Crippen LogP contribution is -2.11. The van der Waals surface area contributed by atoms with Crippen molar-refractivity contribution >= 4 is 0 Å². The van der Waals surface area contributed by atoms with Crippen molar-refractivity contribution in [1.82, 2.24) is 4.90 Å². The Balaban J connectivity index is 1.68. The zero-order chi connectivity index (χ0) is 9.10. The maximum atomic E-state index is 5.56. The molecule has 1 aliphatic heterocycles. The number of benzene rings is 1. The first-order chi connectivity index (χ1) is 6.36. The van der Waals surface area contributed by atoms with Gasteiger partial charge in [0.25, 0.3) is 0 Å². The fourth-order valence-electron chi connectivity index (χ4n) is 1.40. The maximum Gasteiger partial charge on any atom is 0.119 e. The van der Waals surface area contributed by atoms with Crippen molar-refractivity contribution in [3.05, 3.63) is 30.3 Å². The van der Waals surface area contributed by atoms with Gasteiger partial charge in [-0.25, -0.2) is 0 Å². The van der Waals surface area contributed by atoms with E-state index in [1.165, 1.54) is 6.54 Å². The highest BCUT2D eigenvalue weighted by Crippen LogP contribution is 2.15. The molecule has 0 N–H and O–H groups in total. The number of nitrogens with zero attached hydrogens (tertiary/aromatic N) is 1. The highest BCUT2D eigenvalue weighted by atomic mass is 16.5. The molecule has 0 amide bonds. The molecule has 1 saturated heterocycles. The second-order valence-corrected chi connectivity index (χ2v) is 3.51. The molecule has 2 nitrogen and oxygen atoms in total. The molecule has 1 heterocycles. The third-order valence-corrected chi connectivity index (χ3v) is 2.38. The first-order valence-corrected chi connectivity index (χ1v) is 4.78. The molecular formula is C11H15NO. The molecule has 0 saturated carbocycles. The Hall–Kier alpha value is -1.02. The van der Waals surface area contributed by atoms with Crippen molar-refractivity contribution in [2.45, 2.75) is 13.0 Å². The Labute approximate surface area is 79.1 Å². The third-order valence-electron chi connectivity index (χ3n) is 2.38. The van der Waals surface area contributed by atoms with Crippen LogP contribution in [0.4, 0.5) is 0 Å². The zero-order valence-electron chi connectivity index (χ0n) is 7.94. The van der Waals surface area contributed by atoms with Crippen molar-refractivity contribution in [1.29, 1.82) is 0 Å². The van der Waals surface area contributed by atoms with Gasteiger partial charge in [0.1, 0.15) is 12.4 Å². The molecule has 0 spiro atoms. The van der Waals surface area contributed by atoms with Gasteiger partial charge in [-0.1, -0.05) is 18.2 Å². The molecule has 0 aromatic heterocycles. The SMILES string of the molecule is C[C@H]1CN1CCOc1ccccc1. The highest BCUT2D eigenvalue weighted by molar-refractivity contribution is 5.20. The van der Waals surface area contributed by atoms with Crippen LogP contribution >= 0.6 is 0 Å². The number of para-hydroxylation sites is 1. The minimum Gasteiger partial charge on any atom is -0.492 e. The monoisotopic (exact) mass is 177 g/mol. The van der Waals surface area contributed by atoms with Crippen molar-refractivity contribution in [2.24, 2.45) is 0 Å². The number of hydrogen-bond acceptors (Lipinski definition) is 2. The Bertz CT molecular complexity index is 260. The molecule has 1 aliphatic rings. The van der Waals surface area contributed by atoms with Crippen LogP contribution in [0.15, 0.2) is 30.3 Å². The van der Waals surface area contributed by atoms with Crippen LogP contribution in [0.3, 0.4) is 0 Å². The van der Waals surface area contributed by atoms with Crippen molar-refractivity contribution < 1.29 is 4.74 Å². The van der Waals surface area contributed by atoms with Gasteiger partial charge in [-0.15, -0.1) is 0 Å². The largest absolute Gasteiger partial charge is 0.492 e. The summed E-state index contributed by atoms with van der Waals surface area (Å²) in [6.45, 7) is 5.32. The van der Waals surface area contributed by atoms with Gasteiger partial charge in [0.2, 0.25) is 0 Å². The van der Waals surface area contributed by atoms with E-state index >= 15 is 0 Å². The molecule has 0 aliphatic carbocycles. The quantitative estimate of drug-likeness (QED) is 0.650. The fourth-order valence-corrected chi connectivity index (χ4v) is 1.40. The highest BCUT2D eigenvalue weighted by Gasteiger charge is 2.27. The van der Waals surface area contributed by atoms with Crippen LogP contribution in [0.2, 0.25) is 0 Å². The lowest BCUT2D eigenvalue weighted by molar-refractivity contribution is 0.287. The van der Waals surface area contributed by atoms with Gasteiger partial charge >= 0.3 is 0 Å². The van der Waals surface area contributed by atoms with Crippen LogP contribution in [0, 0.1) is 0 Å². The molecule has 13 heavy (non-hydrogen) atoms. The van der Waals surface area contributed by atoms with Crippen LogP contribution in [-0.2, 0) is 0 Å². The van der Waals surface area contributed by atoms with Gasteiger partial charge < -0.3 is 4.74 Å². The fraction of sp³-hybridized carbons (Fsp3) is 0.455. The van der Waals surface area contributed by atoms with E-state index in [2.05, 4.69) is 11.8 Å². The second kappa shape index (κ2) is 3.79. The zero-order valence-corrected chi connectivity index (χ0v) is 7.94. The van der Waals surface area contributed by atoms with E-state index in [4.69, 9.17) is 4.74 Å². The third kappa shape index (κ3) is 2.46. The number of rotatable bonds is 4. The van der Waals surface area contributed by atoms with Crippen LogP contribution in [0.1, 0.15) is 6.92 Å². The van der Waals surface area contributed by atoms with Gasteiger partial charge in [-0.2, -0.15) is 0 Å². The summed E-state index contributed by atoms with van der Waals surface area (Å²) in [5, 5.41) is 0. The summed E-state index contributed by atoms with van der Waals surface area (Å²) in [7, 11) is 0. The molecule has 2 atom stereocenters. The summed E-state index contributed by atoms with van der Waals surface area (Å²) in [4.78, 5) is 2.39. The predicted molar refractivity (Wildman–Crippen MR) is 53.0 cm³/mol. The van der Waals surface area contributed by atoms with Gasteiger partial charge in [0, 0.05) is 19.1 Å². The van der Waals surface area contributed by atoms with E-state index in [1.807, 2.05) is 30.3 Å². The Morgan fingerprint density at radius 1 is 1.38 bits per heavy atom. The molecule has 1 fully saturated rings. The molecule has 70 valence electrons. The minimum absolute atomic E-state index is 0.777. The summed E-state index contributed by atoms with van der Waals surface area (Å²) in [5.41, 5.74) is 0. The van der Waals surface area contributed by atoms with Gasteiger partial charge in [-0.3, -0.25) is 4.90 Å². The number of hydrogen-bond donors (Lipinski definition) is 0. The summed E-state index contributed by atoms with van der Waals surface area (Å²) < 4.78 is 5.56. The van der Waals surface area contributed by atoms with Crippen LogP contribution in [0.5, 0.6) is 5.75 Å². The normalized spacial score (nSPS) is 25.6. The van der Waals surface area contributed by atoms with Gasteiger partial charge in [0.05, 0.1) is 0 Å². The molecular weight excluding hydrogens is 162 g/mol. The minimum atomic E-state index is 0.777. The summed E-state index contributed by atoms with van der Waals surface area (Å²) >= 11 is 0. The van der Waals surface area contributed by atoms with E-state index in [0.717, 1.165) is 24.9 Å². The van der Waals surface area contributed by atoms with Crippen LogP contribution in [0.25, 0.3) is 0 Å². The molecule has 1 aromatic carbocycles. The van der Waals surface area contributed by atoms with Gasteiger partial charge in [-0.05, 0) is 19.1 Å². The summed E-state index contributed by atoms with van der Waals surface area (Å²) in [6.07, 6.45) is 0. The smallest absolute Gasteiger partial charge is 0.119 e. The summed E-state index contributed by atoms with van der Waals surface area (Å²) in [6, 6.07) is 10.8. The average Bonchev–Trinajstić information content (AvgIpc) is 2.84. The van der Waals surface area contributed by atoms with E-state index < -0.39 is 0 Å². The first kappa shape index (κ1) is 8.57. The molecule has 1 unspecified atom stereocenters. The van der Waals surface area contributed by atoms with Crippen molar-refractivity contribution in [2.75, 3.05) is 19.7 Å². The van der Waals surface area contributed by atoms with E-state index in [0.29, 0.717) is 0 Å². The van der Waals surface area contributed by atoms with Crippen LogP contribution < -0.4 is 4.74 Å². The first-order valence-electron chi connectivity index (χ1n) is 4.78. The van der Waals surface area contributed by atoms with E-state index in [9.17, 15) is 0 Å². The Morgan fingerprint density at radius 2 is 2.08 bits per heavy atom. The van der Waals surface area contributed by atoms with Crippen molar-refractivity contribution in [3.8, 4) is 5.75 Å². The van der Waals surface area contributed by atoms with E-state index in [1.54, 1.807) is 0 Å². The Morgan fingerprint density at radius 3 is 2.69 bits per heavy atom. The molecule has 0 bridgehead atoms. The molecule has 2 rings (SSSR count). The topological polar surface area (TPSA) is 12.2 Å². The predicted octanol–water partition coefficient (Wildman–Crippen LogP) is 1.77. The van der Waals surface area contributed by atoms with Crippen LogP contribution in [-0.4, -0.2) is 30.6 Å². The second-order valence-electron chi connectivity index (χ2n) is 3.51.